The number of likely N-dealkylation sites (tertiary alicyclic amines) is 1. The van der Waals surface area contributed by atoms with E-state index < -0.39 is 0 Å². The lowest BCUT2D eigenvalue weighted by Crippen LogP contribution is -2.43. The van der Waals surface area contributed by atoms with E-state index >= 15 is 0 Å². The van der Waals surface area contributed by atoms with Crippen molar-refractivity contribution in [2.24, 2.45) is 11.3 Å². The molecule has 0 radical (unpaired) electrons. The fourth-order valence-corrected chi connectivity index (χ4v) is 3.82. The van der Waals surface area contributed by atoms with Crippen molar-refractivity contribution in [3.05, 3.63) is 0 Å². The van der Waals surface area contributed by atoms with Crippen molar-refractivity contribution in [1.29, 1.82) is 0 Å². The lowest BCUT2D eigenvalue weighted by molar-refractivity contribution is -0.138. The molecule has 86 valence electrons. The predicted octanol–water partition coefficient (Wildman–Crippen LogP) is 3.14. The molecule has 0 spiro atoms. The maximum absolute atomic E-state index is 12.3. The number of amides is 1. The molecule has 1 heterocycles. The van der Waals surface area contributed by atoms with Crippen molar-refractivity contribution in [3.8, 4) is 0 Å². The van der Waals surface area contributed by atoms with Gasteiger partial charge in [-0.3, -0.25) is 4.79 Å². The van der Waals surface area contributed by atoms with Crippen LogP contribution in [0, 0.1) is 11.3 Å². The fraction of sp³-hybridized carbons (Fsp3) is 0.909. The van der Waals surface area contributed by atoms with E-state index in [-0.39, 0.29) is 8.65 Å². The van der Waals surface area contributed by atoms with E-state index in [1.165, 1.54) is 6.42 Å². The van der Waals surface area contributed by atoms with Gasteiger partial charge in [-0.25, -0.2) is 0 Å². The number of rotatable bonds is 1. The van der Waals surface area contributed by atoms with Crippen LogP contribution in [0.2, 0.25) is 0 Å². The summed E-state index contributed by atoms with van der Waals surface area (Å²) in [6.45, 7) is 6.14. The van der Waals surface area contributed by atoms with Crippen LogP contribution in [0.3, 0.4) is 0 Å². The maximum Gasteiger partial charge on any atom is 0.230 e. The number of piperidine rings is 1. The van der Waals surface area contributed by atoms with Crippen LogP contribution in [0.5, 0.6) is 0 Å². The maximum atomic E-state index is 12.3. The zero-order valence-electron chi connectivity index (χ0n) is 9.22. The zero-order valence-corrected chi connectivity index (χ0v) is 12.4. The molecule has 0 N–H and O–H groups in total. The Morgan fingerprint density at radius 1 is 1.47 bits per heavy atom. The molecule has 1 amide bonds. The van der Waals surface area contributed by atoms with Gasteiger partial charge in [0.15, 0.2) is 0 Å². The van der Waals surface area contributed by atoms with E-state index in [4.69, 9.17) is 0 Å². The van der Waals surface area contributed by atoms with Crippen LogP contribution in [0.15, 0.2) is 0 Å². The molecule has 1 aliphatic carbocycles. The van der Waals surface area contributed by atoms with Crippen LogP contribution in [0.1, 0.15) is 33.1 Å². The van der Waals surface area contributed by atoms with Crippen molar-refractivity contribution in [3.63, 3.8) is 0 Å². The van der Waals surface area contributed by atoms with Crippen LogP contribution in [-0.2, 0) is 4.79 Å². The molecule has 15 heavy (non-hydrogen) atoms. The minimum atomic E-state index is -0.232. The molecule has 1 saturated carbocycles. The number of alkyl halides is 2. The van der Waals surface area contributed by atoms with Crippen molar-refractivity contribution < 1.29 is 4.79 Å². The number of halogens is 2. The second-order valence-corrected chi connectivity index (χ2v) is 8.98. The molecule has 1 saturated heterocycles. The highest BCUT2D eigenvalue weighted by Gasteiger charge is 2.67. The summed E-state index contributed by atoms with van der Waals surface area (Å²) in [7, 11) is 0. The molecule has 4 heteroatoms. The summed E-state index contributed by atoms with van der Waals surface area (Å²) in [4.78, 5) is 14.3. The summed E-state index contributed by atoms with van der Waals surface area (Å²) in [5.74, 6) is 0.966. The third-order valence-corrected chi connectivity index (χ3v) is 5.99. The first kappa shape index (κ1) is 11.9. The van der Waals surface area contributed by atoms with E-state index in [1.807, 2.05) is 11.8 Å². The average Bonchev–Trinajstić information content (AvgIpc) is 2.66. The summed E-state index contributed by atoms with van der Waals surface area (Å²) >= 11 is 7.12. The predicted molar refractivity (Wildman–Crippen MR) is 68.3 cm³/mol. The average molecular weight is 339 g/mol. The van der Waals surface area contributed by atoms with Crippen LogP contribution in [0.25, 0.3) is 0 Å². The summed E-state index contributed by atoms with van der Waals surface area (Å²) < 4.78 is -0.148. The van der Waals surface area contributed by atoms with Gasteiger partial charge >= 0.3 is 0 Å². The van der Waals surface area contributed by atoms with Crippen LogP contribution in [-0.4, -0.2) is 27.1 Å². The van der Waals surface area contributed by atoms with Crippen molar-refractivity contribution >= 4 is 37.8 Å². The monoisotopic (exact) mass is 337 g/mol. The summed E-state index contributed by atoms with van der Waals surface area (Å²) in [6, 6.07) is 0. The first-order valence-corrected chi connectivity index (χ1v) is 7.13. The number of nitrogens with zero attached hydrogens (tertiary/aromatic N) is 1. The molecule has 2 atom stereocenters. The largest absolute Gasteiger partial charge is 0.342 e. The van der Waals surface area contributed by atoms with Gasteiger partial charge in [0.1, 0.15) is 0 Å². The third-order valence-electron chi connectivity index (χ3n) is 3.67. The molecule has 2 nitrogen and oxygen atoms in total. The Morgan fingerprint density at radius 3 is 2.53 bits per heavy atom. The summed E-state index contributed by atoms with van der Waals surface area (Å²) in [5, 5.41) is 0. The first-order chi connectivity index (χ1) is 6.87. The quantitative estimate of drug-likeness (QED) is 0.672. The molecule has 0 bridgehead atoms. The van der Waals surface area contributed by atoms with Crippen LogP contribution < -0.4 is 0 Å². The second-order valence-electron chi connectivity index (χ2n) is 5.21. The SMILES string of the molecule is C[C@H]1CCCN(C(=O)[C@]2(C)CC2(Br)Br)C1. The lowest BCUT2D eigenvalue weighted by atomic mass is 9.98. The Labute approximate surface area is 108 Å². The van der Waals surface area contributed by atoms with Gasteiger partial charge in [-0.05, 0) is 32.1 Å². The topological polar surface area (TPSA) is 20.3 Å². The standard InChI is InChI=1S/C11H17Br2NO/c1-8-4-3-5-14(6-8)9(15)10(2)7-11(10,12)13/h8H,3-7H2,1-2H3/t8-,10-/m0/s1. The summed E-state index contributed by atoms with van der Waals surface area (Å²) in [6.07, 6.45) is 3.30. The van der Waals surface area contributed by atoms with Gasteiger partial charge in [0, 0.05) is 13.1 Å². The molecule has 0 unspecified atom stereocenters. The summed E-state index contributed by atoms with van der Waals surface area (Å²) in [5.41, 5.74) is -0.232. The number of carbonyl (C=O) groups excluding carboxylic acids is 1. The van der Waals surface area contributed by atoms with Crippen LogP contribution in [0.4, 0.5) is 0 Å². The van der Waals surface area contributed by atoms with Gasteiger partial charge in [-0.15, -0.1) is 0 Å². The molecule has 2 fully saturated rings. The molecular formula is C11H17Br2NO. The smallest absolute Gasteiger partial charge is 0.230 e. The Bertz CT molecular complexity index is 292. The zero-order chi connectivity index (χ0) is 11.3. The number of hydrogen-bond acceptors (Lipinski definition) is 1. The van der Waals surface area contributed by atoms with Crippen LogP contribution >= 0.6 is 31.9 Å². The van der Waals surface area contributed by atoms with E-state index in [1.54, 1.807) is 0 Å². The van der Waals surface area contributed by atoms with Crippen molar-refractivity contribution in [2.75, 3.05) is 13.1 Å². The van der Waals surface area contributed by atoms with Crippen molar-refractivity contribution in [1.82, 2.24) is 4.90 Å². The van der Waals surface area contributed by atoms with Gasteiger partial charge in [0.25, 0.3) is 0 Å². The normalized spacial score (nSPS) is 38.9. The second kappa shape index (κ2) is 3.73. The Balaban J connectivity index is 2.03. The highest BCUT2D eigenvalue weighted by atomic mass is 79.9. The highest BCUT2D eigenvalue weighted by molar-refractivity contribution is 9.25. The number of carbonyl (C=O) groups is 1. The molecular weight excluding hydrogens is 322 g/mol. The van der Waals surface area contributed by atoms with Gasteiger partial charge in [0.2, 0.25) is 5.91 Å². The van der Waals surface area contributed by atoms with Gasteiger partial charge < -0.3 is 4.90 Å². The minimum Gasteiger partial charge on any atom is -0.342 e. The Morgan fingerprint density at radius 2 is 2.07 bits per heavy atom. The van der Waals surface area contributed by atoms with Gasteiger partial charge in [-0.2, -0.15) is 0 Å². The third kappa shape index (κ3) is 1.99. The molecule has 0 aromatic carbocycles. The molecule has 2 aliphatic rings. The first-order valence-electron chi connectivity index (χ1n) is 5.54. The van der Waals surface area contributed by atoms with E-state index in [2.05, 4.69) is 38.8 Å². The molecule has 2 rings (SSSR count). The van der Waals surface area contributed by atoms with E-state index in [0.29, 0.717) is 11.8 Å². The Kier molecular flexibility index (Phi) is 2.96. The minimum absolute atomic E-state index is 0.148. The van der Waals surface area contributed by atoms with E-state index in [0.717, 1.165) is 25.9 Å². The highest BCUT2D eigenvalue weighted by Crippen LogP contribution is 2.67. The van der Waals surface area contributed by atoms with E-state index in [9.17, 15) is 4.79 Å². The lowest BCUT2D eigenvalue weighted by Gasteiger charge is -2.33. The van der Waals surface area contributed by atoms with Crippen molar-refractivity contribution in [2.45, 2.75) is 36.3 Å². The number of hydrogen-bond donors (Lipinski definition) is 0. The van der Waals surface area contributed by atoms with Gasteiger partial charge in [-0.1, -0.05) is 38.8 Å². The molecule has 0 aromatic heterocycles. The van der Waals surface area contributed by atoms with Gasteiger partial charge in [0.05, 0.1) is 8.65 Å². The molecule has 0 aromatic rings. The Hall–Kier alpha value is 0.430. The fourth-order valence-electron chi connectivity index (χ4n) is 2.35. The molecule has 1 aliphatic heterocycles.